The molecule has 1 aliphatic rings. The van der Waals surface area contributed by atoms with Gasteiger partial charge in [0, 0.05) is 5.41 Å². The topological polar surface area (TPSA) is 29.5 Å². The molecule has 0 spiro atoms. The van der Waals surface area contributed by atoms with Crippen LogP contribution in [0.2, 0.25) is 5.02 Å². The summed E-state index contributed by atoms with van der Waals surface area (Å²) in [4.78, 5) is 0. The van der Waals surface area contributed by atoms with Gasteiger partial charge in [-0.25, -0.2) is 0 Å². The predicted octanol–water partition coefficient (Wildman–Crippen LogP) is 4.99. The van der Waals surface area contributed by atoms with Gasteiger partial charge in [0.2, 0.25) is 0 Å². The van der Waals surface area contributed by atoms with Crippen LogP contribution in [0.1, 0.15) is 57.6 Å². The summed E-state index contributed by atoms with van der Waals surface area (Å²) in [6, 6.07) is 5.58. The summed E-state index contributed by atoms with van der Waals surface area (Å²) in [5.41, 5.74) is 0.835. The maximum absolute atomic E-state index is 10.9. The predicted molar refractivity (Wildman–Crippen MR) is 83.3 cm³/mol. The highest BCUT2D eigenvalue weighted by Gasteiger charge is 2.42. The molecule has 1 saturated carbocycles. The number of hydrogen-bond acceptors (Lipinski definition) is 2. The van der Waals surface area contributed by atoms with Crippen molar-refractivity contribution in [1.82, 2.24) is 0 Å². The lowest BCUT2D eigenvalue weighted by Crippen LogP contribution is -2.28. The number of halogens is 1. The van der Waals surface area contributed by atoms with Gasteiger partial charge >= 0.3 is 0 Å². The van der Waals surface area contributed by atoms with E-state index in [0.29, 0.717) is 10.9 Å². The van der Waals surface area contributed by atoms with Crippen LogP contribution in [-0.4, -0.2) is 12.2 Å². The second-order valence-corrected chi connectivity index (χ2v) is 6.86. The Morgan fingerprint density at radius 1 is 1.30 bits per heavy atom. The van der Waals surface area contributed by atoms with Gasteiger partial charge in [-0.05, 0) is 42.9 Å². The molecule has 0 amide bonds. The number of aliphatic hydroxyl groups is 1. The van der Waals surface area contributed by atoms with Gasteiger partial charge in [0.1, 0.15) is 5.75 Å². The van der Waals surface area contributed by atoms with Crippen LogP contribution in [0.4, 0.5) is 0 Å². The lowest BCUT2D eigenvalue weighted by atomic mass is 9.72. The Labute approximate surface area is 127 Å². The molecule has 2 nitrogen and oxygen atoms in total. The van der Waals surface area contributed by atoms with Crippen molar-refractivity contribution in [2.24, 2.45) is 11.3 Å². The molecule has 0 aliphatic heterocycles. The van der Waals surface area contributed by atoms with E-state index in [2.05, 4.69) is 13.8 Å². The molecule has 0 heterocycles. The second kappa shape index (κ2) is 6.36. The molecule has 0 saturated heterocycles. The van der Waals surface area contributed by atoms with Gasteiger partial charge in [0.15, 0.2) is 0 Å². The van der Waals surface area contributed by atoms with E-state index in [-0.39, 0.29) is 5.41 Å². The van der Waals surface area contributed by atoms with E-state index in [1.165, 1.54) is 12.8 Å². The maximum Gasteiger partial charge on any atom is 0.120 e. The van der Waals surface area contributed by atoms with Gasteiger partial charge in [-0.2, -0.15) is 0 Å². The SMILES string of the molecule is COc1ccc(C(O)C2(CC(C)C)CCCC2)c(Cl)c1. The summed E-state index contributed by atoms with van der Waals surface area (Å²) >= 11 is 6.34. The van der Waals surface area contributed by atoms with E-state index in [9.17, 15) is 5.11 Å². The number of ether oxygens (including phenoxy) is 1. The second-order valence-electron chi connectivity index (χ2n) is 6.46. The van der Waals surface area contributed by atoms with Crippen molar-refractivity contribution in [3.63, 3.8) is 0 Å². The van der Waals surface area contributed by atoms with Crippen molar-refractivity contribution in [1.29, 1.82) is 0 Å². The minimum Gasteiger partial charge on any atom is -0.497 e. The summed E-state index contributed by atoms with van der Waals surface area (Å²) in [6.07, 6.45) is 5.17. The molecule has 0 aromatic heterocycles. The van der Waals surface area contributed by atoms with Crippen molar-refractivity contribution in [2.75, 3.05) is 7.11 Å². The number of methoxy groups -OCH3 is 1. The molecule has 0 radical (unpaired) electrons. The Bertz CT molecular complexity index is 450. The zero-order chi connectivity index (χ0) is 14.8. The van der Waals surface area contributed by atoms with Gasteiger partial charge < -0.3 is 9.84 Å². The lowest BCUT2D eigenvalue weighted by Gasteiger charge is -2.36. The number of hydrogen-bond donors (Lipinski definition) is 1. The fourth-order valence-corrected chi connectivity index (χ4v) is 3.94. The van der Waals surface area contributed by atoms with E-state index < -0.39 is 6.10 Å². The highest BCUT2D eigenvalue weighted by Crippen LogP contribution is 2.52. The fourth-order valence-electron chi connectivity index (χ4n) is 3.67. The van der Waals surface area contributed by atoms with Crippen LogP contribution in [0.3, 0.4) is 0 Å². The molecular weight excluding hydrogens is 272 g/mol. The highest BCUT2D eigenvalue weighted by molar-refractivity contribution is 6.31. The van der Waals surface area contributed by atoms with Crippen molar-refractivity contribution >= 4 is 11.6 Å². The largest absolute Gasteiger partial charge is 0.497 e. The summed E-state index contributed by atoms with van der Waals surface area (Å²) in [5.74, 6) is 1.31. The Morgan fingerprint density at radius 2 is 1.95 bits per heavy atom. The molecule has 2 rings (SSSR count). The van der Waals surface area contributed by atoms with Crippen molar-refractivity contribution in [3.8, 4) is 5.75 Å². The first-order valence-corrected chi connectivity index (χ1v) is 7.88. The summed E-state index contributed by atoms with van der Waals surface area (Å²) in [7, 11) is 1.62. The first-order chi connectivity index (χ1) is 9.48. The first-order valence-electron chi connectivity index (χ1n) is 7.50. The van der Waals surface area contributed by atoms with Gasteiger partial charge in [0.05, 0.1) is 18.2 Å². The molecular formula is C17H25ClO2. The Kier molecular flexibility index (Phi) is 4.98. The smallest absolute Gasteiger partial charge is 0.120 e. The molecule has 1 aromatic rings. The average molecular weight is 297 g/mol. The van der Waals surface area contributed by atoms with Crippen LogP contribution >= 0.6 is 11.6 Å². The van der Waals surface area contributed by atoms with E-state index >= 15 is 0 Å². The third-order valence-electron chi connectivity index (χ3n) is 4.50. The van der Waals surface area contributed by atoms with Gasteiger partial charge in [0.25, 0.3) is 0 Å². The Hall–Kier alpha value is -0.730. The molecule has 1 aliphatic carbocycles. The van der Waals surface area contributed by atoms with E-state index in [1.54, 1.807) is 13.2 Å². The molecule has 1 fully saturated rings. The van der Waals surface area contributed by atoms with Crippen molar-refractivity contribution < 1.29 is 9.84 Å². The van der Waals surface area contributed by atoms with Crippen LogP contribution in [0.15, 0.2) is 18.2 Å². The summed E-state index contributed by atoms with van der Waals surface area (Å²) < 4.78 is 5.18. The van der Waals surface area contributed by atoms with Gasteiger partial charge in [-0.1, -0.05) is 44.4 Å². The molecule has 1 unspecified atom stereocenters. The zero-order valence-electron chi connectivity index (χ0n) is 12.7. The molecule has 1 atom stereocenters. The van der Waals surface area contributed by atoms with Crippen LogP contribution in [0, 0.1) is 11.3 Å². The van der Waals surface area contributed by atoms with Crippen LogP contribution in [0.5, 0.6) is 5.75 Å². The molecule has 1 aromatic carbocycles. The van der Waals surface area contributed by atoms with Crippen LogP contribution in [0.25, 0.3) is 0 Å². The van der Waals surface area contributed by atoms with Gasteiger partial charge in [-0.15, -0.1) is 0 Å². The van der Waals surface area contributed by atoms with Crippen molar-refractivity contribution in [2.45, 2.75) is 52.1 Å². The van der Waals surface area contributed by atoms with Crippen LogP contribution < -0.4 is 4.74 Å². The van der Waals surface area contributed by atoms with Gasteiger partial charge in [-0.3, -0.25) is 0 Å². The minimum atomic E-state index is -0.481. The third-order valence-corrected chi connectivity index (χ3v) is 4.82. The van der Waals surface area contributed by atoms with E-state index in [4.69, 9.17) is 16.3 Å². The molecule has 0 bridgehead atoms. The lowest BCUT2D eigenvalue weighted by molar-refractivity contribution is 0.0112. The Balaban J connectivity index is 2.30. The number of benzene rings is 1. The quantitative estimate of drug-likeness (QED) is 0.829. The number of rotatable bonds is 5. The zero-order valence-corrected chi connectivity index (χ0v) is 13.4. The fraction of sp³-hybridized carbons (Fsp3) is 0.647. The summed E-state index contributed by atoms with van der Waals surface area (Å²) in [6.45, 7) is 4.45. The first kappa shape index (κ1) is 15.7. The van der Waals surface area contributed by atoms with Crippen molar-refractivity contribution in [3.05, 3.63) is 28.8 Å². The average Bonchev–Trinajstić information content (AvgIpc) is 2.86. The maximum atomic E-state index is 10.9. The highest BCUT2D eigenvalue weighted by atomic mass is 35.5. The Morgan fingerprint density at radius 3 is 2.45 bits per heavy atom. The monoisotopic (exact) mass is 296 g/mol. The molecule has 20 heavy (non-hydrogen) atoms. The molecule has 1 N–H and O–H groups in total. The standard InChI is InChI=1S/C17H25ClO2/c1-12(2)11-17(8-4-5-9-17)16(19)14-7-6-13(20-3)10-15(14)18/h6-7,10,12,16,19H,4-5,8-9,11H2,1-3H3. The third kappa shape index (κ3) is 3.12. The van der Waals surface area contributed by atoms with E-state index in [1.807, 2.05) is 12.1 Å². The normalized spacial score (nSPS) is 19.3. The molecule has 3 heteroatoms. The summed E-state index contributed by atoms with van der Waals surface area (Å²) in [5, 5.41) is 11.5. The van der Waals surface area contributed by atoms with E-state index in [0.717, 1.165) is 30.6 Å². The van der Waals surface area contributed by atoms with Crippen LogP contribution in [-0.2, 0) is 0 Å². The number of aliphatic hydroxyl groups excluding tert-OH is 1. The molecule has 112 valence electrons. The minimum absolute atomic E-state index is 0.00754.